The summed E-state index contributed by atoms with van der Waals surface area (Å²) < 4.78 is 12.9. The van der Waals surface area contributed by atoms with Crippen LogP contribution < -0.4 is 9.47 Å². The Kier molecular flexibility index (Phi) is 3.93. The number of carbonyl (C=O) groups is 1. The molecule has 0 saturated heterocycles. The molecule has 1 N–H and O–H groups in total. The Hall–Kier alpha value is -2.95. The molecule has 118 valence electrons. The quantitative estimate of drug-likeness (QED) is 0.784. The second kappa shape index (κ2) is 6.04. The lowest BCUT2D eigenvalue weighted by atomic mass is 10.1. The molecule has 0 fully saturated rings. The van der Waals surface area contributed by atoms with Gasteiger partial charge in [0.15, 0.2) is 0 Å². The number of aromatic carboxylic acids is 1. The van der Waals surface area contributed by atoms with Crippen molar-refractivity contribution in [3.05, 3.63) is 59.8 Å². The fourth-order valence-electron chi connectivity index (χ4n) is 2.68. The van der Waals surface area contributed by atoms with Gasteiger partial charge in [0, 0.05) is 35.8 Å². The lowest BCUT2D eigenvalue weighted by Crippen LogP contribution is -2.00. The van der Waals surface area contributed by atoms with Gasteiger partial charge in [0.05, 0.1) is 12.7 Å². The van der Waals surface area contributed by atoms with Gasteiger partial charge in [-0.05, 0) is 24.3 Å². The highest BCUT2D eigenvalue weighted by atomic mass is 16.5. The molecule has 1 aromatic heterocycles. The normalized spacial score (nSPS) is 10.7. The summed E-state index contributed by atoms with van der Waals surface area (Å²) in [6.45, 7) is 0.287. The molecule has 0 bridgehead atoms. The number of nitrogens with zero attached hydrogens (tertiary/aromatic N) is 1. The highest BCUT2D eigenvalue weighted by Crippen LogP contribution is 2.27. The average Bonchev–Trinajstić information content (AvgIpc) is 2.89. The van der Waals surface area contributed by atoms with Gasteiger partial charge in [-0.25, -0.2) is 4.79 Å². The number of aromatic nitrogens is 1. The SMILES string of the molecule is COc1cccc(OCc2cn(C)c3cccc(C(=O)O)c23)c1. The van der Waals surface area contributed by atoms with E-state index in [1.54, 1.807) is 25.3 Å². The molecule has 0 aliphatic carbocycles. The molecule has 0 radical (unpaired) electrons. The van der Waals surface area contributed by atoms with Crippen LogP contribution in [0.1, 0.15) is 15.9 Å². The highest BCUT2D eigenvalue weighted by Gasteiger charge is 2.15. The van der Waals surface area contributed by atoms with E-state index in [0.29, 0.717) is 16.9 Å². The van der Waals surface area contributed by atoms with Crippen LogP contribution in [0.3, 0.4) is 0 Å². The van der Waals surface area contributed by atoms with Gasteiger partial charge in [0.2, 0.25) is 0 Å². The Labute approximate surface area is 133 Å². The zero-order chi connectivity index (χ0) is 16.4. The van der Waals surface area contributed by atoms with E-state index in [2.05, 4.69) is 0 Å². The molecular weight excluding hydrogens is 294 g/mol. The number of carboxylic acid groups (broad SMARTS) is 1. The first-order valence-electron chi connectivity index (χ1n) is 7.17. The topological polar surface area (TPSA) is 60.7 Å². The van der Waals surface area contributed by atoms with Crippen molar-refractivity contribution in [1.82, 2.24) is 4.57 Å². The maximum Gasteiger partial charge on any atom is 0.336 e. The van der Waals surface area contributed by atoms with Crippen molar-refractivity contribution < 1.29 is 19.4 Å². The van der Waals surface area contributed by atoms with E-state index in [1.807, 2.05) is 42.1 Å². The molecule has 3 rings (SSSR count). The van der Waals surface area contributed by atoms with Crippen LogP contribution in [0, 0.1) is 0 Å². The van der Waals surface area contributed by atoms with Crippen LogP contribution in [0.25, 0.3) is 10.9 Å². The fourth-order valence-corrected chi connectivity index (χ4v) is 2.68. The standard InChI is InChI=1S/C18H17NO4/c1-19-10-12(11-23-14-6-3-5-13(9-14)22-2)17-15(18(20)21)7-4-8-16(17)19/h3-10H,11H2,1-2H3,(H,20,21). The number of benzene rings is 2. The zero-order valence-corrected chi connectivity index (χ0v) is 12.9. The molecule has 5 heteroatoms. The first-order valence-corrected chi connectivity index (χ1v) is 7.17. The maximum absolute atomic E-state index is 11.5. The van der Waals surface area contributed by atoms with Crippen LogP contribution in [0.4, 0.5) is 0 Å². The molecule has 0 spiro atoms. The van der Waals surface area contributed by atoms with Crippen LogP contribution in [0.2, 0.25) is 0 Å². The fraction of sp³-hybridized carbons (Fsp3) is 0.167. The average molecular weight is 311 g/mol. The monoisotopic (exact) mass is 311 g/mol. The third kappa shape index (κ3) is 2.85. The summed E-state index contributed by atoms with van der Waals surface area (Å²) in [5.74, 6) is 0.449. The van der Waals surface area contributed by atoms with Gasteiger partial charge in [0.1, 0.15) is 18.1 Å². The molecule has 1 heterocycles. The molecule has 0 saturated carbocycles. The number of hydrogen-bond acceptors (Lipinski definition) is 3. The zero-order valence-electron chi connectivity index (χ0n) is 12.9. The first-order chi connectivity index (χ1) is 11.1. The Balaban J connectivity index is 1.95. The number of carboxylic acids is 1. The number of methoxy groups -OCH3 is 1. The second-order valence-corrected chi connectivity index (χ2v) is 5.24. The maximum atomic E-state index is 11.5. The van der Waals surface area contributed by atoms with Crippen molar-refractivity contribution >= 4 is 16.9 Å². The van der Waals surface area contributed by atoms with Crippen LogP contribution in [-0.4, -0.2) is 22.8 Å². The summed E-state index contributed by atoms with van der Waals surface area (Å²) in [7, 11) is 3.49. The number of ether oxygens (including phenoxy) is 2. The van der Waals surface area contributed by atoms with Crippen molar-refractivity contribution in [1.29, 1.82) is 0 Å². The molecule has 5 nitrogen and oxygen atoms in total. The number of fused-ring (bicyclic) bond motifs is 1. The van der Waals surface area contributed by atoms with Gasteiger partial charge in [-0.15, -0.1) is 0 Å². The highest BCUT2D eigenvalue weighted by molar-refractivity contribution is 6.04. The predicted octanol–water partition coefficient (Wildman–Crippen LogP) is 3.46. The van der Waals surface area contributed by atoms with E-state index in [4.69, 9.17) is 9.47 Å². The lowest BCUT2D eigenvalue weighted by Gasteiger charge is -2.08. The van der Waals surface area contributed by atoms with Gasteiger partial charge in [-0.3, -0.25) is 0 Å². The van der Waals surface area contributed by atoms with Crippen molar-refractivity contribution in [3.8, 4) is 11.5 Å². The number of hydrogen-bond donors (Lipinski definition) is 1. The van der Waals surface area contributed by atoms with E-state index in [1.165, 1.54) is 0 Å². The number of aryl methyl sites for hydroxylation is 1. The summed E-state index contributed by atoms with van der Waals surface area (Å²) in [6.07, 6.45) is 1.90. The summed E-state index contributed by atoms with van der Waals surface area (Å²) in [5, 5.41) is 10.1. The molecule has 0 aliphatic rings. The van der Waals surface area contributed by atoms with Gasteiger partial charge in [0.25, 0.3) is 0 Å². The molecule has 0 aliphatic heterocycles. The van der Waals surface area contributed by atoms with Crippen molar-refractivity contribution in [2.75, 3.05) is 7.11 Å². The van der Waals surface area contributed by atoms with Crippen LogP contribution in [0.5, 0.6) is 11.5 Å². The minimum atomic E-state index is -0.940. The summed E-state index contributed by atoms with van der Waals surface area (Å²) in [5.41, 5.74) is 1.99. The van der Waals surface area contributed by atoms with Gasteiger partial charge < -0.3 is 19.1 Å². The van der Waals surface area contributed by atoms with Crippen LogP contribution >= 0.6 is 0 Å². The number of rotatable bonds is 5. The first kappa shape index (κ1) is 15.0. The smallest absolute Gasteiger partial charge is 0.336 e. The van der Waals surface area contributed by atoms with Gasteiger partial charge in [-0.1, -0.05) is 12.1 Å². The second-order valence-electron chi connectivity index (χ2n) is 5.24. The summed E-state index contributed by atoms with van der Waals surface area (Å²) >= 11 is 0. The van der Waals surface area contributed by atoms with E-state index in [9.17, 15) is 9.90 Å². The lowest BCUT2D eigenvalue weighted by molar-refractivity contribution is 0.0699. The third-order valence-corrected chi connectivity index (χ3v) is 3.76. The molecule has 0 atom stereocenters. The minimum absolute atomic E-state index is 0.285. The van der Waals surface area contributed by atoms with Crippen LogP contribution in [0.15, 0.2) is 48.7 Å². The van der Waals surface area contributed by atoms with Gasteiger partial charge in [-0.2, -0.15) is 0 Å². The largest absolute Gasteiger partial charge is 0.497 e. The van der Waals surface area contributed by atoms with Crippen LogP contribution in [-0.2, 0) is 13.7 Å². The molecule has 23 heavy (non-hydrogen) atoms. The van der Waals surface area contributed by atoms with Crippen molar-refractivity contribution in [2.24, 2.45) is 7.05 Å². The Morgan fingerprint density at radius 3 is 2.65 bits per heavy atom. The summed E-state index contributed by atoms with van der Waals surface area (Å²) in [4.78, 5) is 11.5. The molecule has 3 aromatic rings. The van der Waals surface area contributed by atoms with E-state index in [-0.39, 0.29) is 12.2 Å². The molecule has 0 unspecified atom stereocenters. The van der Waals surface area contributed by atoms with E-state index in [0.717, 1.165) is 11.1 Å². The van der Waals surface area contributed by atoms with Gasteiger partial charge >= 0.3 is 5.97 Å². The Morgan fingerprint density at radius 2 is 1.91 bits per heavy atom. The predicted molar refractivity (Wildman–Crippen MR) is 87.2 cm³/mol. The summed E-state index contributed by atoms with van der Waals surface area (Å²) in [6, 6.07) is 12.6. The molecular formula is C18H17NO4. The Morgan fingerprint density at radius 1 is 1.17 bits per heavy atom. The third-order valence-electron chi connectivity index (χ3n) is 3.76. The molecule has 2 aromatic carbocycles. The van der Waals surface area contributed by atoms with Crippen molar-refractivity contribution in [3.63, 3.8) is 0 Å². The molecule has 0 amide bonds. The van der Waals surface area contributed by atoms with Crippen molar-refractivity contribution in [2.45, 2.75) is 6.61 Å². The Bertz CT molecular complexity index is 867. The van der Waals surface area contributed by atoms with E-state index < -0.39 is 5.97 Å². The minimum Gasteiger partial charge on any atom is -0.497 e. The van der Waals surface area contributed by atoms with E-state index >= 15 is 0 Å².